The number of carboxylic acids is 1. The van der Waals surface area contributed by atoms with Crippen molar-refractivity contribution in [3.05, 3.63) is 65.2 Å². The Bertz CT molecular complexity index is 945. The van der Waals surface area contributed by atoms with Crippen LogP contribution in [0.3, 0.4) is 0 Å². The summed E-state index contributed by atoms with van der Waals surface area (Å²) in [7, 11) is -3.58. The van der Waals surface area contributed by atoms with E-state index in [1.165, 1.54) is 28.6 Å². The van der Waals surface area contributed by atoms with Gasteiger partial charge < -0.3 is 10.0 Å². The van der Waals surface area contributed by atoms with Gasteiger partial charge in [0.15, 0.2) is 0 Å². The molecule has 1 aliphatic rings. The molecule has 0 radical (unpaired) electrons. The van der Waals surface area contributed by atoms with Crippen LogP contribution in [0.25, 0.3) is 0 Å². The van der Waals surface area contributed by atoms with E-state index in [0.29, 0.717) is 5.56 Å². The molecule has 0 atom stereocenters. The molecule has 1 heterocycles. The monoisotopic (exact) mass is 388 g/mol. The molecule has 1 amide bonds. The molecule has 8 heteroatoms. The lowest BCUT2D eigenvalue weighted by atomic mass is 10.1. The van der Waals surface area contributed by atoms with E-state index in [2.05, 4.69) is 0 Å². The Hall–Kier alpha value is -2.71. The predicted octanol–water partition coefficient (Wildman–Crippen LogP) is 1.84. The number of piperazine rings is 1. The molecule has 0 spiro atoms. The summed E-state index contributed by atoms with van der Waals surface area (Å²) < 4.78 is 26.8. The minimum Gasteiger partial charge on any atom is -0.478 e. The number of carbonyl (C=O) groups is 2. The van der Waals surface area contributed by atoms with Gasteiger partial charge in [0.1, 0.15) is 0 Å². The minimum atomic E-state index is -3.58. The number of carboxylic acid groups (broad SMARTS) is 1. The highest BCUT2D eigenvalue weighted by molar-refractivity contribution is 7.89. The summed E-state index contributed by atoms with van der Waals surface area (Å²) in [6.07, 6.45) is 0. The standard InChI is InChI=1S/C19H20N2O5S/c1-14-2-8-17(9-3-14)27(25,26)21-12-10-20(11-13-21)18(22)15-4-6-16(7-5-15)19(23)24/h2-9H,10-13H2,1H3,(H,23,24). The highest BCUT2D eigenvalue weighted by atomic mass is 32.2. The van der Waals surface area contributed by atoms with Crippen molar-refractivity contribution in [1.82, 2.24) is 9.21 Å². The van der Waals surface area contributed by atoms with Gasteiger partial charge in [0.05, 0.1) is 10.5 Å². The second kappa shape index (κ2) is 7.50. The smallest absolute Gasteiger partial charge is 0.335 e. The highest BCUT2D eigenvalue weighted by Crippen LogP contribution is 2.19. The van der Waals surface area contributed by atoms with E-state index in [1.54, 1.807) is 29.2 Å². The maximum absolute atomic E-state index is 12.7. The Kier molecular flexibility index (Phi) is 5.29. The SMILES string of the molecule is Cc1ccc(S(=O)(=O)N2CCN(C(=O)c3ccc(C(=O)O)cc3)CC2)cc1. The van der Waals surface area contributed by atoms with Crippen LogP contribution in [-0.2, 0) is 10.0 Å². The van der Waals surface area contributed by atoms with Gasteiger partial charge in [-0.25, -0.2) is 13.2 Å². The lowest BCUT2D eigenvalue weighted by molar-refractivity contribution is 0.0684. The van der Waals surface area contributed by atoms with Crippen LogP contribution in [0.2, 0.25) is 0 Å². The Morgan fingerprint density at radius 3 is 1.89 bits per heavy atom. The van der Waals surface area contributed by atoms with Crippen molar-refractivity contribution < 1.29 is 23.1 Å². The van der Waals surface area contributed by atoms with Crippen molar-refractivity contribution in [2.24, 2.45) is 0 Å². The molecule has 1 aliphatic heterocycles. The maximum atomic E-state index is 12.7. The Morgan fingerprint density at radius 1 is 0.852 bits per heavy atom. The summed E-state index contributed by atoms with van der Waals surface area (Å²) in [5.41, 5.74) is 1.48. The fraction of sp³-hybridized carbons (Fsp3) is 0.263. The third kappa shape index (κ3) is 4.01. The third-order valence-electron chi connectivity index (χ3n) is 4.56. The number of amides is 1. The van der Waals surface area contributed by atoms with Crippen molar-refractivity contribution in [3.63, 3.8) is 0 Å². The van der Waals surface area contributed by atoms with Gasteiger partial charge in [-0.15, -0.1) is 0 Å². The lowest BCUT2D eigenvalue weighted by Gasteiger charge is -2.34. The maximum Gasteiger partial charge on any atom is 0.335 e. The van der Waals surface area contributed by atoms with Gasteiger partial charge in [-0.05, 0) is 43.3 Å². The van der Waals surface area contributed by atoms with E-state index in [0.717, 1.165) is 5.56 Å². The summed E-state index contributed by atoms with van der Waals surface area (Å²) in [5, 5.41) is 8.92. The van der Waals surface area contributed by atoms with Crippen LogP contribution in [0.5, 0.6) is 0 Å². The fourth-order valence-corrected chi connectivity index (χ4v) is 4.35. The number of nitrogens with zero attached hydrogens (tertiary/aromatic N) is 2. The molecule has 7 nitrogen and oxygen atoms in total. The van der Waals surface area contributed by atoms with E-state index in [-0.39, 0.29) is 42.5 Å². The van der Waals surface area contributed by atoms with E-state index in [4.69, 9.17) is 5.11 Å². The van der Waals surface area contributed by atoms with E-state index >= 15 is 0 Å². The van der Waals surface area contributed by atoms with Crippen molar-refractivity contribution in [3.8, 4) is 0 Å². The molecule has 1 fully saturated rings. The molecule has 0 bridgehead atoms. The van der Waals surface area contributed by atoms with E-state index in [9.17, 15) is 18.0 Å². The topological polar surface area (TPSA) is 95.0 Å². The molecule has 1 saturated heterocycles. The summed E-state index contributed by atoms with van der Waals surface area (Å²) in [4.78, 5) is 25.3. The number of rotatable bonds is 4. The Balaban J connectivity index is 1.66. The first-order valence-corrected chi connectivity index (χ1v) is 9.92. The Labute approximate surface area is 157 Å². The zero-order valence-electron chi connectivity index (χ0n) is 14.8. The van der Waals surface area contributed by atoms with Crippen molar-refractivity contribution in [2.45, 2.75) is 11.8 Å². The van der Waals surface area contributed by atoms with Crippen LogP contribution < -0.4 is 0 Å². The number of benzene rings is 2. The van der Waals surface area contributed by atoms with Crippen molar-refractivity contribution in [2.75, 3.05) is 26.2 Å². The van der Waals surface area contributed by atoms with Crippen LogP contribution in [0.15, 0.2) is 53.4 Å². The fourth-order valence-electron chi connectivity index (χ4n) is 2.93. The number of aromatic carboxylic acids is 1. The summed E-state index contributed by atoms with van der Waals surface area (Å²) in [6.45, 7) is 2.89. The van der Waals surface area contributed by atoms with Gasteiger partial charge in [-0.1, -0.05) is 17.7 Å². The normalized spacial score (nSPS) is 15.5. The summed E-state index contributed by atoms with van der Waals surface area (Å²) in [6, 6.07) is 12.4. The van der Waals surface area contributed by atoms with Gasteiger partial charge in [-0.2, -0.15) is 4.31 Å². The summed E-state index contributed by atoms with van der Waals surface area (Å²) in [5.74, 6) is -1.29. The number of hydrogen-bond donors (Lipinski definition) is 1. The van der Waals surface area contributed by atoms with Gasteiger partial charge in [0.25, 0.3) is 5.91 Å². The largest absolute Gasteiger partial charge is 0.478 e. The molecule has 0 unspecified atom stereocenters. The molecule has 0 aromatic heterocycles. The van der Waals surface area contributed by atoms with Crippen LogP contribution in [0, 0.1) is 6.92 Å². The van der Waals surface area contributed by atoms with Crippen LogP contribution >= 0.6 is 0 Å². The van der Waals surface area contributed by atoms with E-state index < -0.39 is 16.0 Å². The van der Waals surface area contributed by atoms with Crippen LogP contribution in [-0.4, -0.2) is 60.8 Å². The first-order valence-electron chi connectivity index (χ1n) is 8.48. The predicted molar refractivity (Wildman–Crippen MR) is 99.2 cm³/mol. The quantitative estimate of drug-likeness (QED) is 0.862. The third-order valence-corrected chi connectivity index (χ3v) is 6.48. The van der Waals surface area contributed by atoms with Crippen LogP contribution in [0.4, 0.5) is 0 Å². The van der Waals surface area contributed by atoms with Gasteiger partial charge in [0, 0.05) is 31.7 Å². The number of carbonyl (C=O) groups excluding carboxylic acids is 1. The van der Waals surface area contributed by atoms with Gasteiger partial charge in [-0.3, -0.25) is 4.79 Å². The molecule has 3 rings (SSSR count). The molecule has 0 aliphatic carbocycles. The molecule has 142 valence electrons. The molecule has 0 saturated carbocycles. The number of aryl methyl sites for hydroxylation is 1. The lowest BCUT2D eigenvalue weighted by Crippen LogP contribution is -2.50. The van der Waals surface area contributed by atoms with Crippen molar-refractivity contribution >= 4 is 21.9 Å². The zero-order valence-corrected chi connectivity index (χ0v) is 15.6. The molecule has 27 heavy (non-hydrogen) atoms. The van der Waals surface area contributed by atoms with Gasteiger partial charge >= 0.3 is 5.97 Å². The van der Waals surface area contributed by atoms with Gasteiger partial charge in [0.2, 0.25) is 10.0 Å². The summed E-state index contributed by atoms with van der Waals surface area (Å²) >= 11 is 0. The van der Waals surface area contributed by atoms with Crippen molar-refractivity contribution in [1.29, 1.82) is 0 Å². The first-order chi connectivity index (χ1) is 12.8. The zero-order chi connectivity index (χ0) is 19.6. The molecule has 2 aromatic carbocycles. The first kappa shape index (κ1) is 19.1. The molecule has 2 aromatic rings. The Morgan fingerprint density at radius 2 is 1.37 bits per heavy atom. The second-order valence-electron chi connectivity index (χ2n) is 6.39. The van der Waals surface area contributed by atoms with E-state index in [1.807, 2.05) is 6.92 Å². The minimum absolute atomic E-state index is 0.112. The number of hydrogen-bond acceptors (Lipinski definition) is 4. The highest BCUT2D eigenvalue weighted by Gasteiger charge is 2.30. The average molecular weight is 388 g/mol. The molecular weight excluding hydrogens is 368 g/mol. The molecular formula is C19H20N2O5S. The van der Waals surface area contributed by atoms with Crippen LogP contribution in [0.1, 0.15) is 26.3 Å². The average Bonchev–Trinajstić information content (AvgIpc) is 2.68. The number of sulfonamides is 1. The molecule has 1 N–H and O–H groups in total. The second-order valence-corrected chi connectivity index (χ2v) is 8.33.